The molecule has 0 radical (unpaired) electrons. The Labute approximate surface area is 165 Å². The molecule has 28 heavy (non-hydrogen) atoms. The predicted molar refractivity (Wildman–Crippen MR) is 115 cm³/mol. The van der Waals surface area contributed by atoms with Crippen LogP contribution in [0.15, 0.2) is 72.9 Å². The minimum atomic E-state index is -0.206. The first kappa shape index (κ1) is 18.0. The van der Waals surface area contributed by atoms with E-state index in [1.807, 2.05) is 60.5 Å². The van der Waals surface area contributed by atoms with Crippen molar-refractivity contribution in [2.45, 2.75) is 12.8 Å². The van der Waals surface area contributed by atoms with Gasteiger partial charge in [0.05, 0.1) is 11.9 Å². The number of amides is 1. The van der Waals surface area contributed by atoms with Crippen molar-refractivity contribution in [3.8, 4) is 0 Å². The van der Waals surface area contributed by atoms with Crippen molar-refractivity contribution >= 4 is 28.7 Å². The smallest absolute Gasteiger partial charge is 0.274 e. The Morgan fingerprint density at radius 2 is 1.64 bits per heavy atom. The van der Waals surface area contributed by atoms with Crippen molar-refractivity contribution < 1.29 is 4.79 Å². The molecule has 0 unspecified atom stereocenters. The van der Waals surface area contributed by atoms with Crippen LogP contribution in [0.3, 0.4) is 0 Å². The maximum atomic E-state index is 12.5. The van der Waals surface area contributed by atoms with E-state index in [9.17, 15) is 4.79 Å². The number of hydrogen-bond donors (Lipinski definition) is 1. The number of hydrogen-bond acceptors (Lipinski definition) is 4. The first-order valence-electron chi connectivity index (χ1n) is 9.62. The zero-order valence-corrected chi connectivity index (χ0v) is 16.0. The number of aromatic nitrogens is 1. The standard InChI is InChI=1S/C23H24N4O/c1-26(19-7-3-2-4-8-19)21-13-14-22(24-17-21)23(28)25-18-9-11-20(12-10-18)27-15-5-6-16-27/h2-4,7-14,17H,5-6,15-16H2,1H3,(H,25,28). The summed E-state index contributed by atoms with van der Waals surface area (Å²) in [4.78, 5) is 21.3. The third kappa shape index (κ3) is 3.98. The van der Waals surface area contributed by atoms with Gasteiger partial charge in [0.25, 0.3) is 5.91 Å². The maximum Gasteiger partial charge on any atom is 0.274 e. The molecule has 0 atom stereocenters. The number of para-hydroxylation sites is 1. The van der Waals surface area contributed by atoms with Gasteiger partial charge in [-0.15, -0.1) is 0 Å². The Kier molecular flexibility index (Phi) is 5.24. The summed E-state index contributed by atoms with van der Waals surface area (Å²) in [6, 6.07) is 21.7. The molecular formula is C23H24N4O. The molecule has 1 aliphatic rings. The molecule has 1 fully saturated rings. The van der Waals surface area contributed by atoms with Gasteiger partial charge in [-0.2, -0.15) is 0 Å². The number of anilines is 4. The molecule has 1 amide bonds. The topological polar surface area (TPSA) is 48.5 Å². The Morgan fingerprint density at radius 3 is 2.29 bits per heavy atom. The average Bonchev–Trinajstić information content (AvgIpc) is 3.29. The molecular weight excluding hydrogens is 348 g/mol. The molecule has 0 bridgehead atoms. The van der Waals surface area contributed by atoms with Crippen LogP contribution < -0.4 is 15.1 Å². The van der Waals surface area contributed by atoms with Gasteiger partial charge in [-0.1, -0.05) is 18.2 Å². The Balaban J connectivity index is 1.41. The van der Waals surface area contributed by atoms with Crippen LogP contribution >= 0.6 is 0 Å². The zero-order valence-electron chi connectivity index (χ0n) is 16.0. The fraction of sp³-hybridized carbons (Fsp3) is 0.217. The van der Waals surface area contributed by atoms with Gasteiger partial charge in [0.1, 0.15) is 5.69 Å². The molecule has 142 valence electrons. The highest BCUT2D eigenvalue weighted by Gasteiger charge is 2.13. The fourth-order valence-corrected chi connectivity index (χ4v) is 3.45. The third-order valence-corrected chi connectivity index (χ3v) is 5.11. The molecule has 1 N–H and O–H groups in total. The van der Waals surface area contributed by atoms with E-state index in [1.54, 1.807) is 12.3 Å². The van der Waals surface area contributed by atoms with Crippen LogP contribution in [0.2, 0.25) is 0 Å². The van der Waals surface area contributed by atoms with Crippen molar-refractivity contribution in [3.63, 3.8) is 0 Å². The average molecular weight is 372 g/mol. The van der Waals surface area contributed by atoms with E-state index in [1.165, 1.54) is 18.5 Å². The number of pyridine rings is 1. The molecule has 2 heterocycles. The van der Waals surface area contributed by atoms with Gasteiger partial charge in [0, 0.05) is 37.2 Å². The Hall–Kier alpha value is -3.34. The lowest BCUT2D eigenvalue weighted by Crippen LogP contribution is -2.18. The summed E-state index contributed by atoms with van der Waals surface area (Å²) in [5.41, 5.74) is 4.38. The summed E-state index contributed by atoms with van der Waals surface area (Å²) in [5, 5.41) is 2.92. The largest absolute Gasteiger partial charge is 0.372 e. The van der Waals surface area contributed by atoms with Gasteiger partial charge in [-0.05, 0) is 61.4 Å². The van der Waals surface area contributed by atoms with Crippen molar-refractivity contribution in [2.75, 3.05) is 35.3 Å². The zero-order chi connectivity index (χ0) is 19.3. The SMILES string of the molecule is CN(c1ccccc1)c1ccc(C(=O)Nc2ccc(N3CCCC3)cc2)nc1. The van der Waals surface area contributed by atoms with E-state index in [-0.39, 0.29) is 5.91 Å². The van der Waals surface area contributed by atoms with Gasteiger partial charge >= 0.3 is 0 Å². The number of rotatable bonds is 5. The number of nitrogens with one attached hydrogen (secondary N) is 1. The van der Waals surface area contributed by atoms with Crippen LogP contribution in [0.25, 0.3) is 0 Å². The van der Waals surface area contributed by atoms with Crippen LogP contribution in [0.4, 0.5) is 22.7 Å². The van der Waals surface area contributed by atoms with Crippen LogP contribution in [0.1, 0.15) is 23.3 Å². The molecule has 0 spiro atoms. The lowest BCUT2D eigenvalue weighted by atomic mass is 10.2. The summed E-state index contributed by atoms with van der Waals surface area (Å²) in [6.45, 7) is 2.22. The molecule has 1 saturated heterocycles. The number of benzene rings is 2. The number of carbonyl (C=O) groups excluding carboxylic acids is 1. The summed E-state index contributed by atoms with van der Waals surface area (Å²) in [6.07, 6.45) is 4.22. The lowest BCUT2D eigenvalue weighted by Gasteiger charge is -2.19. The second-order valence-electron chi connectivity index (χ2n) is 6.99. The highest BCUT2D eigenvalue weighted by atomic mass is 16.1. The monoisotopic (exact) mass is 372 g/mol. The third-order valence-electron chi connectivity index (χ3n) is 5.11. The van der Waals surface area contributed by atoms with Gasteiger partial charge in [-0.3, -0.25) is 4.79 Å². The minimum Gasteiger partial charge on any atom is -0.372 e. The molecule has 5 nitrogen and oxygen atoms in total. The molecule has 5 heteroatoms. The van der Waals surface area contributed by atoms with E-state index in [2.05, 4.69) is 27.3 Å². The van der Waals surface area contributed by atoms with Gasteiger partial charge in [-0.25, -0.2) is 4.98 Å². The number of carbonyl (C=O) groups is 1. The number of nitrogens with zero attached hydrogens (tertiary/aromatic N) is 3. The normalized spacial score (nSPS) is 13.4. The first-order valence-corrected chi connectivity index (χ1v) is 9.62. The van der Waals surface area contributed by atoms with E-state index < -0.39 is 0 Å². The van der Waals surface area contributed by atoms with Crippen molar-refractivity contribution in [3.05, 3.63) is 78.6 Å². The molecule has 3 aromatic rings. The second kappa shape index (κ2) is 8.13. The first-order chi connectivity index (χ1) is 13.7. The molecule has 1 aliphatic heterocycles. The molecule has 1 aromatic heterocycles. The Morgan fingerprint density at radius 1 is 0.929 bits per heavy atom. The summed E-state index contributed by atoms with van der Waals surface area (Å²) >= 11 is 0. The van der Waals surface area contributed by atoms with Gasteiger partial charge < -0.3 is 15.1 Å². The molecule has 2 aromatic carbocycles. The van der Waals surface area contributed by atoms with Crippen LogP contribution in [0, 0.1) is 0 Å². The maximum absolute atomic E-state index is 12.5. The summed E-state index contributed by atoms with van der Waals surface area (Å²) in [7, 11) is 1.98. The van der Waals surface area contributed by atoms with E-state index in [0.29, 0.717) is 5.69 Å². The summed E-state index contributed by atoms with van der Waals surface area (Å²) < 4.78 is 0. The van der Waals surface area contributed by atoms with Crippen LogP contribution in [-0.4, -0.2) is 31.0 Å². The van der Waals surface area contributed by atoms with Crippen molar-refractivity contribution in [1.29, 1.82) is 0 Å². The molecule has 4 rings (SSSR count). The van der Waals surface area contributed by atoms with E-state index >= 15 is 0 Å². The predicted octanol–water partition coefficient (Wildman–Crippen LogP) is 4.70. The lowest BCUT2D eigenvalue weighted by molar-refractivity contribution is 0.102. The van der Waals surface area contributed by atoms with E-state index in [0.717, 1.165) is 30.2 Å². The van der Waals surface area contributed by atoms with Gasteiger partial charge in [0.15, 0.2) is 0 Å². The summed E-state index contributed by atoms with van der Waals surface area (Å²) in [5.74, 6) is -0.206. The van der Waals surface area contributed by atoms with Gasteiger partial charge in [0.2, 0.25) is 0 Å². The molecule has 0 aliphatic carbocycles. The highest BCUT2D eigenvalue weighted by Crippen LogP contribution is 2.24. The minimum absolute atomic E-state index is 0.206. The second-order valence-corrected chi connectivity index (χ2v) is 6.99. The fourth-order valence-electron chi connectivity index (χ4n) is 3.45. The highest BCUT2D eigenvalue weighted by molar-refractivity contribution is 6.03. The van der Waals surface area contributed by atoms with E-state index in [4.69, 9.17) is 0 Å². The van der Waals surface area contributed by atoms with Crippen molar-refractivity contribution in [1.82, 2.24) is 4.98 Å². The Bertz CT molecular complexity index is 917. The van der Waals surface area contributed by atoms with Crippen molar-refractivity contribution in [2.24, 2.45) is 0 Å². The van der Waals surface area contributed by atoms with Crippen LogP contribution in [0.5, 0.6) is 0 Å². The van der Waals surface area contributed by atoms with Crippen LogP contribution in [-0.2, 0) is 0 Å². The molecule has 0 saturated carbocycles. The quantitative estimate of drug-likeness (QED) is 0.705.